The van der Waals surface area contributed by atoms with Crippen molar-refractivity contribution in [3.8, 4) is 0 Å². The van der Waals surface area contributed by atoms with Gasteiger partial charge < -0.3 is 10.6 Å². The van der Waals surface area contributed by atoms with Crippen molar-refractivity contribution in [1.29, 1.82) is 0 Å². The Hall–Kier alpha value is -2.05. The smallest absolute Gasteiger partial charge is 0.251 e. The topological polar surface area (TPSA) is 58.2 Å². The Morgan fingerprint density at radius 2 is 1.62 bits per heavy atom. The number of hydrogen-bond acceptors (Lipinski definition) is 2. The first-order valence-corrected chi connectivity index (χ1v) is 6.34. The SMILES string of the molecule is CC(C)(C)NC(=O)CCNC(=O)c1cc(F)c(F)c(F)c1. The zero-order valence-corrected chi connectivity index (χ0v) is 12.0. The maximum Gasteiger partial charge on any atom is 0.251 e. The molecule has 0 aliphatic carbocycles. The molecule has 0 fully saturated rings. The van der Waals surface area contributed by atoms with Gasteiger partial charge in [0.15, 0.2) is 17.5 Å². The van der Waals surface area contributed by atoms with Crippen LogP contribution >= 0.6 is 0 Å². The summed E-state index contributed by atoms with van der Waals surface area (Å²) in [6, 6.07) is 1.20. The lowest BCUT2D eigenvalue weighted by Crippen LogP contribution is -2.42. The van der Waals surface area contributed by atoms with E-state index in [0.29, 0.717) is 12.1 Å². The molecule has 0 atom stereocenters. The molecule has 0 heterocycles. The molecule has 2 amide bonds. The predicted octanol–water partition coefficient (Wildman–Crippen LogP) is 2.14. The Morgan fingerprint density at radius 1 is 1.10 bits per heavy atom. The monoisotopic (exact) mass is 302 g/mol. The lowest BCUT2D eigenvalue weighted by Gasteiger charge is -2.20. The normalized spacial score (nSPS) is 11.1. The van der Waals surface area contributed by atoms with Crippen LogP contribution in [-0.4, -0.2) is 23.9 Å². The fraction of sp³-hybridized carbons (Fsp3) is 0.429. The summed E-state index contributed by atoms with van der Waals surface area (Å²) in [6.45, 7) is 5.44. The summed E-state index contributed by atoms with van der Waals surface area (Å²) in [4.78, 5) is 23.1. The third kappa shape index (κ3) is 5.45. The van der Waals surface area contributed by atoms with Crippen molar-refractivity contribution in [3.05, 3.63) is 35.1 Å². The number of benzene rings is 1. The second-order valence-corrected chi connectivity index (χ2v) is 5.56. The number of carbonyl (C=O) groups excluding carboxylic acids is 2. The molecular weight excluding hydrogens is 285 g/mol. The fourth-order valence-electron chi connectivity index (χ4n) is 1.56. The van der Waals surface area contributed by atoms with Crippen LogP contribution in [0.5, 0.6) is 0 Å². The molecule has 0 unspecified atom stereocenters. The number of hydrogen-bond donors (Lipinski definition) is 2. The highest BCUT2D eigenvalue weighted by molar-refractivity contribution is 5.94. The highest BCUT2D eigenvalue weighted by Gasteiger charge is 2.16. The van der Waals surface area contributed by atoms with E-state index in [4.69, 9.17) is 0 Å². The largest absolute Gasteiger partial charge is 0.352 e. The molecule has 0 saturated carbocycles. The first kappa shape index (κ1) is 17.0. The van der Waals surface area contributed by atoms with E-state index in [1.54, 1.807) is 0 Å². The van der Waals surface area contributed by atoms with E-state index in [1.807, 2.05) is 20.8 Å². The van der Waals surface area contributed by atoms with Crippen LogP contribution in [0.25, 0.3) is 0 Å². The summed E-state index contributed by atoms with van der Waals surface area (Å²) >= 11 is 0. The molecule has 0 saturated heterocycles. The third-order valence-corrected chi connectivity index (χ3v) is 2.40. The third-order valence-electron chi connectivity index (χ3n) is 2.40. The molecule has 0 spiro atoms. The maximum absolute atomic E-state index is 13.0. The van der Waals surface area contributed by atoms with Crippen LogP contribution < -0.4 is 10.6 Å². The minimum atomic E-state index is -1.63. The second-order valence-electron chi connectivity index (χ2n) is 5.56. The summed E-state index contributed by atoms with van der Waals surface area (Å²) in [5.41, 5.74) is -0.729. The van der Waals surface area contributed by atoms with Crippen molar-refractivity contribution < 1.29 is 22.8 Å². The van der Waals surface area contributed by atoms with E-state index in [9.17, 15) is 22.8 Å². The van der Waals surface area contributed by atoms with Gasteiger partial charge in [-0.25, -0.2) is 13.2 Å². The van der Waals surface area contributed by atoms with Crippen molar-refractivity contribution in [3.63, 3.8) is 0 Å². The van der Waals surface area contributed by atoms with Crippen LogP contribution in [0.3, 0.4) is 0 Å². The van der Waals surface area contributed by atoms with Gasteiger partial charge in [-0.05, 0) is 32.9 Å². The molecule has 7 heteroatoms. The first-order valence-electron chi connectivity index (χ1n) is 6.34. The van der Waals surface area contributed by atoms with Crippen LogP contribution in [0.1, 0.15) is 37.6 Å². The summed E-state index contributed by atoms with van der Waals surface area (Å²) < 4.78 is 38.7. The summed E-state index contributed by atoms with van der Waals surface area (Å²) in [6.07, 6.45) is 0.0230. The van der Waals surface area contributed by atoms with Gasteiger partial charge in [0.05, 0.1) is 0 Å². The van der Waals surface area contributed by atoms with Gasteiger partial charge in [-0.3, -0.25) is 9.59 Å². The molecule has 21 heavy (non-hydrogen) atoms. The maximum atomic E-state index is 13.0. The average Bonchev–Trinajstić information content (AvgIpc) is 2.32. The van der Waals surface area contributed by atoms with Crippen LogP contribution in [-0.2, 0) is 4.79 Å². The quantitative estimate of drug-likeness (QED) is 0.837. The Labute approximate surface area is 120 Å². The van der Waals surface area contributed by atoms with Crippen molar-refractivity contribution in [2.24, 2.45) is 0 Å². The van der Waals surface area contributed by atoms with E-state index in [0.717, 1.165) is 0 Å². The van der Waals surface area contributed by atoms with Crippen LogP contribution in [0.2, 0.25) is 0 Å². The molecule has 0 radical (unpaired) electrons. The molecule has 0 aliphatic heterocycles. The fourth-order valence-corrected chi connectivity index (χ4v) is 1.56. The summed E-state index contributed by atoms with van der Waals surface area (Å²) in [5, 5.41) is 5.03. The zero-order chi connectivity index (χ0) is 16.2. The van der Waals surface area contributed by atoms with E-state index in [1.165, 1.54) is 0 Å². The highest BCUT2D eigenvalue weighted by atomic mass is 19.2. The minimum absolute atomic E-state index is 0.00135. The molecule has 1 rings (SSSR count). The molecule has 0 bridgehead atoms. The highest BCUT2D eigenvalue weighted by Crippen LogP contribution is 2.13. The van der Waals surface area contributed by atoms with Crippen LogP contribution in [0.4, 0.5) is 13.2 Å². The lowest BCUT2D eigenvalue weighted by atomic mass is 10.1. The number of rotatable bonds is 4. The van der Waals surface area contributed by atoms with Gasteiger partial charge in [-0.2, -0.15) is 0 Å². The van der Waals surface area contributed by atoms with E-state index >= 15 is 0 Å². The molecule has 0 aliphatic rings. The average molecular weight is 302 g/mol. The Kier molecular flexibility index (Phi) is 5.34. The van der Waals surface area contributed by atoms with Crippen LogP contribution in [0, 0.1) is 17.5 Å². The number of amides is 2. The van der Waals surface area contributed by atoms with Gasteiger partial charge in [-0.15, -0.1) is 0 Å². The number of carbonyl (C=O) groups is 2. The standard InChI is InChI=1S/C14H17F3N2O2/c1-14(2,3)19-11(20)4-5-18-13(21)8-6-9(15)12(17)10(16)7-8/h6-7H,4-5H2,1-3H3,(H,18,21)(H,19,20). The van der Waals surface area contributed by atoms with E-state index < -0.39 is 23.4 Å². The van der Waals surface area contributed by atoms with Gasteiger partial charge in [0.25, 0.3) is 5.91 Å². The van der Waals surface area contributed by atoms with Crippen molar-refractivity contribution in [2.75, 3.05) is 6.54 Å². The molecule has 1 aromatic carbocycles. The minimum Gasteiger partial charge on any atom is -0.352 e. The first-order chi connectivity index (χ1) is 9.60. The summed E-state index contributed by atoms with van der Waals surface area (Å²) in [7, 11) is 0. The second kappa shape index (κ2) is 6.60. The number of nitrogens with one attached hydrogen (secondary N) is 2. The zero-order valence-electron chi connectivity index (χ0n) is 12.0. The summed E-state index contributed by atoms with van der Waals surface area (Å²) in [5.74, 6) is -5.55. The van der Waals surface area contributed by atoms with E-state index in [-0.39, 0.29) is 30.0 Å². The van der Waals surface area contributed by atoms with Crippen molar-refractivity contribution in [1.82, 2.24) is 10.6 Å². The molecule has 2 N–H and O–H groups in total. The lowest BCUT2D eigenvalue weighted by molar-refractivity contribution is -0.122. The van der Waals surface area contributed by atoms with Crippen LogP contribution in [0.15, 0.2) is 12.1 Å². The van der Waals surface area contributed by atoms with Gasteiger partial charge in [0.1, 0.15) is 0 Å². The van der Waals surface area contributed by atoms with Gasteiger partial charge in [-0.1, -0.05) is 0 Å². The molecule has 0 aromatic heterocycles. The van der Waals surface area contributed by atoms with Gasteiger partial charge in [0.2, 0.25) is 5.91 Å². The Morgan fingerprint density at radius 3 is 2.10 bits per heavy atom. The molecule has 116 valence electrons. The van der Waals surface area contributed by atoms with E-state index in [2.05, 4.69) is 10.6 Å². The Bertz CT molecular complexity index is 531. The number of halogens is 3. The predicted molar refractivity (Wildman–Crippen MR) is 71.2 cm³/mol. The van der Waals surface area contributed by atoms with Gasteiger partial charge >= 0.3 is 0 Å². The van der Waals surface area contributed by atoms with Gasteiger partial charge in [0, 0.05) is 24.1 Å². The van der Waals surface area contributed by atoms with Crippen molar-refractivity contribution in [2.45, 2.75) is 32.7 Å². The van der Waals surface area contributed by atoms with Crippen molar-refractivity contribution >= 4 is 11.8 Å². The molecule has 1 aromatic rings. The molecule has 4 nitrogen and oxygen atoms in total. The Balaban J connectivity index is 2.54. The molecular formula is C14H17F3N2O2.